The smallest absolute Gasteiger partial charge is 0.263 e. The maximum absolute atomic E-state index is 13.0. The number of hydrogen-bond donors (Lipinski definition) is 1. The Bertz CT molecular complexity index is 860. The molecule has 136 valence electrons. The Hall–Kier alpha value is -2.69. The largest absolute Gasteiger partial charge is 0.326 e. The summed E-state index contributed by atoms with van der Waals surface area (Å²) in [4.78, 5) is 29.0. The predicted molar refractivity (Wildman–Crippen MR) is 102 cm³/mol. The number of pyridine rings is 1. The van der Waals surface area contributed by atoms with Gasteiger partial charge in [-0.05, 0) is 61.7 Å². The molecule has 0 aliphatic heterocycles. The predicted octanol–water partition coefficient (Wildman–Crippen LogP) is 3.68. The van der Waals surface area contributed by atoms with Crippen molar-refractivity contribution in [2.45, 2.75) is 52.0 Å². The van der Waals surface area contributed by atoms with Crippen LogP contribution < -0.4 is 10.8 Å². The highest BCUT2D eigenvalue weighted by Crippen LogP contribution is 2.19. The van der Waals surface area contributed by atoms with Crippen molar-refractivity contribution < 1.29 is 9.59 Å². The summed E-state index contributed by atoms with van der Waals surface area (Å²) in [6.45, 7) is 3.47. The van der Waals surface area contributed by atoms with E-state index in [0.29, 0.717) is 22.8 Å². The number of carbonyl (C=O) groups excluding carboxylic acids is 2. The van der Waals surface area contributed by atoms with E-state index in [4.69, 9.17) is 4.99 Å². The molecule has 5 nitrogen and oxygen atoms in total. The first-order chi connectivity index (χ1) is 12.5. The molecule has 1 N–H and O–H groups in total. The first kappa shape index (κ1) is 18.1. The van der Waals surface area contributed by atoms with Crippen molar-refractivity contribution in [1.82, 2.24) is 4.57 Å². The van der Waals surface area contributed by atoms with Crippen LogP contribution in [-0.4, -0.2) is 22.4 Å². The minimum atomic E-state index is -0.134. The van der Waals surface area contributed by atoms with Crippen LogP contribution >= 0.6 is 0 Å². The van der Waals surface area contributed by atoms with Crippen molar-refractivity contribution in [2.24, 2.45) is 4.99 Å². The van der Waals surface area contributed by atoms with Crippen molar-refractivity contribution >= 4 is 17.5 Å². The average molecular weight is 351 g/mol. The Labute approximate surface area is 153 Å². The van der Waals surface area contributed by atoms with Gasteiger partial charge in [-0.3, -0.25) is 19.1 Å². The van der Waals surface area contributed by atoms with Crippen molar-refractivity contribution in [2.75, 3.05) is 5.32 Å². The fourth-order valence-electron chi connectivity index (χ4n) is 3.30. The van der Waals surface area contributed by atoms with Crippen LogP contribution in [0.1, 0.15) is 54.9 Å². The van der Waals surface area contributed by atoms with Gasteiger partial charge in [0.25, 0.3) is 5.91 Å². The van der Waals surface area contributed by atoms with Gasteiger partial charge in [0.15, 0.2) is 0 Å². The van der Waals surface area contributed by atoms with Crippen molar-refractivity contribution in [3.05, 3.63) is 59.2 Å². The average Bonchev–Trinajstić information content (AvgIpc) is 2.62. The molecule has 1 amide bonds. The number of amides is 1. The molecule has 1 aliphatic rings. The Kier molecular flexibility index (Phi) is 5.66. The van der Waals surface area contributed by atoms with E-state index in [1.54, 1.807) is 35.0 Å². The third kappa shape index (κ3) is 4.48. The Balaban J connectivity index is 1.91. The van der Waals surface area contributed by atoms with E-state index >= 15 is 0 Å². The quantitative estimate of drug-likeness (QED) is 0.917. The summed E-state index contributed by atoms with van der Waals surface area (Å²) < 4.78 is 1.62. The lowest BCUT2D eigenvalue weighted by Crippen LogP contribution is -2.29. The van der Waals surface area contributed by atoms with E-state index in [1.165, 1.54) is 26.2 Å². The number of anilines is 1. The number of aryl methyl sites for hydroxylation is 1. The molecule has 1 aliphatic carbocycles. The van der Waals surface area contributed by atoms with E-state index in [0.717, 1.165) is 18.4 Å². The van der Waals surface area contributed by atoms with Gasteiger partial charge in [0.1, 0.15) is 5.49 Å². The van der Waals surface area contributed by atoms with E-state index in [1.807, 2.05) is 19.1 Å². The van der Waals surface area contributed by atoms with Crippen LogP contribution in [0.2, 0.25) is 0 Å². The lowest BCUT2D eigenvalue weighted by molar-refractivity contribution is -0.114. The molecule has 3 rings (SSSR count). The Morgan fingerprint density at radius 1 is 1.08 bits per heavy atom. The Morgan fingerprint density at radius 3 is 2.42 bits per heavy atom. The molecule has 0 bridgehead atoms. The molecule has 0 spiro atoms. The van der Waals surface area contributed by atoms with E-state index in [2.05, 4.69) is 5.32 Å². The first-order valence-electron chi connectivity index (χ1n) is 9.18. The summed E-state index contributed by atoms with van der Waals surface area (Å²) >= 11 is 0. The van der Waals surface area contributed by atoms with Crippen molar-refractivity contribution in [3.63, 3.8) is 0 Å². The van der Waals surface area contributed by atoms with Gasteiger partial charge in [-0.15, -0.1) is 0 Å². The monoisotopic (exact) mass is 351 g/mol. The lowest BCUT2D eigenvalue weighted by atomic mass is 9.96. The summed E-state index contributed by atoms with van der Waals surface area (Å²) in [6.07, 6.45) is 7.67. The zero-order chi connectivity index (χ0) is 18.5. The normalized spacial score (nSPS) is 15.7. The van der Waals surface area contributed by atoms with Gasteiger partial charge < -0.3 is 5.32 Å². The highest BCUT2D eigenvalue weighted by molar-refractivity contribution is 5.96. The number of carbonyl (C=O) groups is 2. The second kappa shape index (κ2) is 8.13. The van der Waals surface area contributed by atoms with Gasteiger partial charge >= 0.3 is 0 Å². The van der Waals surface area contributed by atoms with E-state index in [9.17, 15) is 9.59 Å². The minimum absolute atomic E-state index is 0.117. The molecule has 5 heteroatoms. The second-order valence-electron chi connectivity index (χ2n) is 6.92. The SMILES string of the molecule is CC(=O)Nc1ccc(C(=O)n2ccc(C)cc2=NC2CCCCC2)cc1. The van der Waals surface area contributed by atoms with Gasteiger partial charge in [-0.2, -0.15) is 0 Å². The molecule has 0 saturated heterocycles. The van der Waals surface area contributed by atoms with Gasteiger partial charge in [0.2, 0.25) is 5.91 Å². The van der Waals surface area contributed by atoms with Crippen LogP contribution in [-0.2, 0) is 4.79 Å². The van der Waals surface area contributed by atoms with Crippen LogP contribution in [0.3, 0.4) is 0 Å². The Morgan fingerprint density at radius 2 is 1.77 bits per heavy atom. The number of rotatable bonds is 3. The summed E-state index contributed by atoms with van der Waals surface area (Å²) in [5.74, 6) is -0.250. The van der Waals surface area contributed by atoms with E-state index in [-0.39, 0.29) is 11.8 Å². The van der Waals surface area contributed by atoms with Gasteiger partial charge in [0.05, 0.1) is 6.04 Å². The third-order valence-corrected chi connectivity index (χ3v) is 4.65. The molecule has 26 heavy (non-hydrogen) atoms. The molecule has 0 radical (unpaired) electrons. The maximum atomic E-state index is 13.0. The van der Waals surface area contributed by atoms with Crippen LogP contribution in [0, 0.1) is 6.92 Å². The first-order valence-corrected chi connectivity index (χ1v) is 9.18. The number of nitrogens with one attached hydrogen (secondary N) is 1. The zero-order valence-corrected chi connectivity index (χ0v) is 15.4. The number of nitrogens with zero attached hydrogens (tertiary/aromatic N) is 2. The highest BCUT2D eigenvalue weighted by Gasteiger charge is 2.14. The molecule has 1 aromatic carbocycles. The van der Waals surface area contributed by atoms with Gasteiger partial charge in [0, 0.05) is 24.4 Å². The molecular weight excluding hydrogens is 326 g/mol. The van der Waals surface area contributed by atoms with Gasteiger partial charge in [-0.1, -0.05) is 19.3 Å². The number of aromatic nitrogens is 1. The maximum Gasteiger partial charge on any atom is 0.263 e. The number of benzene rings is 1. The topological polar surface area (TPSA) is 63.5 Å². The fourth-order valence-corrected chi connectivity index (χ4v) is 3.30. The minimum Gasteiger partial charge on any atom is -0.326 e. The number of hydrogen-bond acceptors (Lipinski definition) is 3. The standard InChI is InChI=1S/C21H25N3O2/c1-15-12-13-24(20(14-15)23-18-6-4-3-5-7-18)21(26)17-8-10-19(11-9-17)22-16(2)25/h8-14,18H,3-7H2,1-2H3,(H,22,25). The molecule has 2 aromatic rings. The van der Waals surface area contributed by atoms with E-state index < -0.39 is 0 Å². The summed E-state index contributed by atoms with van der Waals surface area (Å²) in [5, 5.41) is 2.71. The summed E-state index contributed by atoms with van der Waals surface area (Å²) in [7, 11) is 0. The molecule has 0 unspecified atom stereocenters. The molecular formula is C21H25N3O2. The van der Waals surface area contributed by atoms with Gasteiger partial charge in [-0.25, -0.2) is 0 Å². The fraction of sp³-hybridized carbons (Fsp3) is 0.381. The van der Waals surface area contributed by atoms with Crippen molar-refractivity contribution in [1.29, 1.82) is 0 Å². The summed E-state index contributed by atoms with van der Waals surface area (Å²) in [5.41, 5.74) is 3.04. The van der Waals surface area contributed by atoms with Crippen LogP contribution in [0.25, 0.3) is 0 Å². The van der Waals surface area contributed by atoms with Crippen LogP contribution in [0.4, 0.5) is 5.69 Å². The molecule has 1 aromatic heterocycles. The second-order valence-corrected chi connectivity index (χ2v) is 6.92. The third-order valence-electron chi connectivity index (χ3n) is 4.65. The molecule has 1 saturated carbocycles. The van der Waals surface area contributed by atoms with Crippen LogP contribution in [0.5, 0.6) is 0 Å². The summed E-state index contributed by atoms with van der Waals surface area (Å²) in [6, 6.07) is 11.1. The van der Waals surface area contributed by atoms with Crippen LogP contribution in [0.15, 0.2) is 47.6 Å². The highest BCUT2D eigenvalue weighted by atomic mass is 16.2. The molecule has 1 heterocycles. The zero-order valence-electron chi connectivity index (χ0n) is 15.4. The lowest BCUT2D eigenvalue weighted by Gasteiger charge is -2.18. The molecule has 0 atom stereocenters. The van der Waals surface area contributed by atoms with Crippen molar-refractivity contribution in [3.8, 4) is 0 Å². The molecule has 1 fully saturated rings.